The summed E-state index contributed by atoms with van der Waals surface area (Å²) in [6.07, 6.45) is 1.60. The number of benzene rings is 2. The van der Waals surface area contributed by atoms with Crippen molar-refractivity contribution >= 4 is 27.3 Å². The first-order valence-electron chi connectivity index (χ1n) is 7.85. The first-order valence-corrected chi connectivity index (χ1v) is 9.71. The lowest BCUT2D eigenvalue weighted by Gasteiger charge is -2.04. The topological polar surface area (TPSA) is 72.2 Å². The highest BCUT2D eigenvalue weighted by atomic mass is 35.5. The summed E-state index contributed by atoms with van der Waals surface area (Å²) in [7, 11) is -3.87. The van der Waals surface area contributed by atoms with Crippen LogP contribution in [-0.2, 0) is 9.84 Å². The number of oxazole rings is 1. The fraction of sp³-hybridized carbons (Fsp3) is 0.105. The molecule has 1 heterocycles. The Labute approximate surface area is 157 Å². The van der Waals surface area contributed by atoms with Crippen LogP contribution in [0.4, 0.5) is 5.88 Å². The zero-order valence-electron chi connectivity index (χ0n) is 14.1. The standard InChI is InChI=1S/C19H17ClN2O3S/c1-3-11-21-18-19(26(23,24)16-9-7-15(20)8-10-16)22-17(25-18)14-6-4-5-13(2)12-14/h3-10,12,21H,1,11H2,2H3. The summed E-state index contributed by atoms with van der Waals surface area (Å²) in [4.78, 5) is 4.35. The highest BCUT2D eigenvalue weighted by molar-refractivity contribution is 7.91. The summed E-state index contributed by atoms with van der Waals surface area (Å²) in [5, 5.41) is 3.19. The molecule has 2 aromatic carbocycles. The molecule has 3 aromatic rings. The zero-order chi connectivity index (χ0) is 18.7. The Morgan fingerprint density at radius 1 is 1.23 bits per heavy atom. The lowest BCUT2D eigenvalue weighted by atomic mass is 10.1. The Morgan fingerprint density at radius 2 is 1.96 bits per heavy atom. The molecule has 0 aliphatic carbocycles. The SMILES string of the molecule is C=CCNc1oc(-c2cccc(C)c2)nc1S(=O)(=O)c1ccc(Cl)cc1. The van der Waals surface area contributed by atoms with Crippen LogP contribution in [0.25, 0.3) is 11.5 Å². The molecular formula is C19H17ClN2O3S. The van der Waals surface area contributed by atoms with Crippen LogP contribution >= 0.6 is 11.6 Å². The summed E-state index contributed by atoms with van der Waals surface area (Å²) in [5.74, 6) is 0.309. The lowest BCUT2D eigenvalue weighted by molar-refractivity contribution is 0.579. The van der Waals surface area contributed by atoms with Crippen molar-refractivity contribution in [3.05, 3.63) is 71.8 Å². The van der Waals surface area contributed by atoms with Gasteiger partial charge in [0.05, 0.1) is 4.90 Å². The maximum Gasteiger partial charge on any atom is 0.234 e. The van der Waals surface area contributed by atoms with Gasteiger partial charge in [0.1, 0.15) is 0 Å². The maximum atomic E-state index is 13.0. The molecule has 0 aliphatic rings. The number of hydrogen-bond acceptors (Lipinski definition) is 5. The van der Waals surface area contributed by atoms with E-state index >= 15 is 0 Å². The number of rotatable bonds is 6. The average molecular weight is 389 g/mol. The molecule has 0 radical (unpaired) electrons. The number of nitrogens with one attached hydrogen (secondary N) is 1. The van der Waals surface area contributed by atoms with Crippen molar-refractivity contribution in [1.82, 2.24) is 4.98 Å². The number of aryl methyl sites for hydroxylation is 1. The van der Waals surface area contributed by atoms with Gasteiger partial charge in [-0.05, 0) is 43.3 Å². The molecule has 0 saturated carbocycles. The quantitative estimate of drug-likeness (QED) is 0.618. The Balaban J connectivity index is 2.12. The number of halogens is 1. The monoisotopic (exact) mass is 388 g/mol. The second-order valence-electron chi connectivity index (χ2n) is 5.65. The molecule has 1 aromatic heterocycles. The van der Waals surface area contributed by atoms with Gasteiger partial charge in [0.2, 0.25) is 26.6 Å². The van der Waals surface area contributed by atoms with Crippen molar-refractivity contribution < 1.29 is 12.8 Å². The smallest absolute Gasteiger partial charge is 0.234 e. The summed E-state index contributed by atoms with van der Waals surface area (Å²) in [5.41, 5.74) is 1.72. The molecule has 0 bridgehead atoms. The molecule has 0 unspecified atom stereocenters. The molecule has 3 rings (SSSR count). The minimum absolute atomic E-state index is 0.0800. The molecule has 0 spiro atoms. The molecule has 0 fully saturated rings. The van der Waals surface area contributed by atoms with E-state index in [4.69, 9.17) is 16.0 Å². The maximum absolute atomic E-state index is 13.0. The summed E-state index contributed by atoms with van der Waals surface area (Å²) in [6.45, 7) is 5.90. The number of aromatic nitrogens is 1. The molecule has 0 atom stereocenters. The largest absolute Gasteiger partial charge is 0.419 e. The van der Waals surface area contributed by atoms with Crippen molar-refractivity contribution in [1.29, 1.82) is 0 Å². The molecule has 0 aliphatic heterocycles. The van der Waals surface area contributed by atoms with Crippen LogP contribution in [0.15, 0.2) is 75.5 Å². The lowest BCUT2D eigenvalue weighted by Crippen LogP contribution is -2.07. The molecule has 26 heavy (non-hydrogen) atoms. The van der Waals surface area contributed by atoms with Gasteiger partial charge in [0.25, 0.3) is 0 Å². The van der Waals surface area contributed by atoms with Crippen LogP contribution in [0.5, 0.6) is 0 Å². The van der Waals surface area contributed by atoms with Crippen LogP contribution in [0.2, 0.25) is 5.02 Å². The van der Waals surface area contributed by atoms with Gasteiger partial charge < -0.3 is 9.73 Å². The van der Waals surface area contributed by atoms with E-state index in [9.17, 15) is 8.42 Å². The third kappa shape index (κ3) is 3.66. The predicted octanol–water partition coefficient (Wildman–Crippen LogP) is 4.73. The van der Waals surface area contributed by atoms with Crippen LogP contribution in [-0.4, -0.2) is 19.9 Å². The summed E-state index contributed by atoms with van der Waals surface area (Å²) < 4.78 is 31.7. The number of sulfone groups is 1. The first kappa shape index (κ1) is 18.2. The van der Waals surface area contributed by atoms with Gasteiger partial charge in [-0.15, -0.1) is 6.58 Å². The molecule has 0 amide bonds. The van der Waals surface area contributed by atoms with E-state index in [2.05, 4.69) is 16.9 Å². The van der Waals surface area contributed by atoms with E-state index in [0.29, 0.717) is 17.1 Å². The first-order chi connectivity index (χ1) is 12.4. The van der Waals surface area contributed by atoms with Gasteiger partial charge in [-0.1, -0.05) is 35.4 Å². The van der Waals surface area contributed by atoms with Gasteiger partial charge in [-0.2, -0.15) is 4.98 Å². The van der Waals surface area contributed by atoms with E-state index in [1.165, 1.54) is 24.3 Å². The van der Waals surface area contributed by atoms with Gasteiger partial charge in [-0.3, -0.25) is 0 Å². The van der Waals surface area contributed by atoms with E-state index in [1.807, 2.05) is 31.2 Å². The van der Waals surface area contributed by atoms with Crippen LogP contribution in [0.1, 0.15) is 5.56 Å². The summed E-state index contributed by atoms with van der Waals surface area (Å²) in [6, 6.07) is 13.4. The average Bonchev–Trinajstić information content (AvgIpc) is 3.05. The molecule has 134 valence electrons. The van der Waals surface area contributed by atoms with Gasteiger partial charge in [0, 0.05) is 17.1 Å². The third-order valence-corrected chi connectivity index (χ3v) is 5.58. The zero-order valence-corrected chi connectivity index (χ0v) is 15.6. The van der Waals surface area contributed by atoms with Crippen molar-refractivity contribution in [2.24, 2.45) is 0 Å². The van der Waals surface area contributed by atoms with E-state index in [-0.39, 0.29) is 21.7 Å². The van der Waals surface area contributed by atoms with Crippen molar-refractivity contribution in [2.75, 3.05) is 11.9 Å². The second kappa shape index (κ2) is 7.35. The minimum Gasteiger partial charge on any atom is -0.419 e. The van der Waals surface area contributed by atoms with Gasteiger partial charge >= 0.3 is 0 Å². The second-order valence-corrected chi connectivity index (χ2v) is 7.95. The van der Waals surface area contributed by atoms with Crippen LogP contribution in [0, 0.1) is 6.92 Å². The number of anilines is 1. The van der Waals surface area contributed by atoms with Crippen molar-refractivity contribution in [3.8, 4) is 11.5 Å². The Kier molecular flexibility index (Phi) is 5.15. The normalized spacial score (nSPS) is 11.3. The highest BCUT2D eigenvalue weighted by Crippen LogP contribution is 2.32. The molecule has 1 N–H and O–H groups in total. The van der Waals surface area contributed by atoms with Gasteiger partial charge in [-0.25, -0.2) is 8.42 Å². The molecule has 7 heteroatoms. The predicted molar refractivity (Wildman–Crippen MR) is 102 cm³/mol. The number of nitrogens with zero attached hydrogens (tertiary/aromatic N) is 1. The van der Waals surface area contributed by atoms with E-state index in [0.717, 1.165) is 5.56 Å². The van der Waals surface area contributed by atoms with E-state index in [1.54, 1.807) is 6.08 Å². The highest BCUT2D eigenvalue weighted by Gasteiger charge is 2.28. The van der Waals surface area contributed by atoms with Crippen LogP contribution in [0.3, 0.4) is 0 Å². The van der Waals surface area contributed by atoms with E-state index < -0.39 is 9.84 Å². The Morgan fingerprint density at radius 3 is 2.62 bits per heavy atom. The Hall–Kier alpha value is -2.57. The molecular weight excluding hydrogens is 372 g/mol. The molecule has 5 nitrogen and oxygen atoms in total. The Bertz CT molecular complexity index is 1040. The number of hydrogen-bond donors (Lipinski definition) is 1. The van der Waals surface area contributed by atoms with Crippen molar-refractivity contribution in [3.63, 3.8) is 0 Å². The fourth-order valence-corrected chi connectivity index (χ4v) is 3.80. The molecule has 0 saturated heterocycles. The minimum atomic E-state index is -3.87. The van der Waals surface area contributed by atoms with Crippen molar-refractivity contribution in [2.45, 2.75) is 16.8 Å². The third-order valence-electron chi connectivity index (χ3n) is 3.65. The van der Waals surface area contributed by atoms with Crippen LogP contribution < -0.4 is 5.32 Å². The van der Waals surface area contributed by atoms with Gasteiger partial charge in [0.15, 0.2) is 0 Å². The fourth-order valence-electron chi connectivity index (χ4n) is 2.39. The summed E-state index contributed by atoms with van der Waals surface area (Å²) >= 11 is 5.85.